The van der Waals surface area contributed by atoms with Crippen LogP contribution in [0.2, 0.25) is 0 Å². The van der Waals surface area contributed by atoms with E-state index in [1.54, 1.807) is 0 Å². The molecule has 4 nitrogen and oxygen atoms in total. The second kappa shape index (κ2) is 3.43. The standard InChI is InChI=1S/C7H5BFNO3/c1-13-7-5(10(11)12)3-2-4(8)6(7)9/h2-3H,1H3. The maximum Gasteiger partial charge on any atom is 0.313 e. The fraction of sp³-hybridized carbons (Fsp3) is 0.143. The van der Waals surface area contributed by atoms with Crippen molar-refractivity contribution in [1.82, 2.24) is 0 Å². The van der Waals surface area contributed by atoms with E-state index in [4.69, 9.17) is 7.85 Å². The zero-order chi connectivity index (χ0) is 10.0. The molecule has 13 heavy (non-hydrogen) atoms. The molecule has 0 aliphatic rings. The van der Waals surface area contributed by atoms with E-state index in [9.17, 15) is 14.5 Å². The third kappa shape index (κ3) is 1.61. The first kappa shape index (κ1) is 9.50. The summed E-state index contributed by atoms with van der Waals surface area (Å²) in [6, 6.07) is 2.22. The van der Waals surface area contributed by atoms with Gasteiger partial charge in [-0.2, -0.15) is 0 Å². The van der Waals surface area contributed by atoms with Crippen LogP contribution in [-0.4, -0.2) is 19.9 Å². The van der Waals surface area contributed by atoms with Crippen molar-refractivity contribution in [3.63, 3.8) is 0 Å². The van der Waals surface area contributed by atoms with E-state index in [0.717, 1.165) is 19.2 Å². The van der Waals surface area contributed by atoms with Gasteiger partial charge in [-0.25, -0.2) is 4.39 Å². The molecule has 1 aromatic rings. The van der Waals surface area contributed by atoms with Crippen molar-refractivity contribution >= 4 is 19.0 Å². The molecule has 0 spiro atoms. The van der Waals surface area contributed by atoms with Gasteiger partial charge < -0.3 is 4.74 Å². The number of rotatable bonds is 2. The molecule has 0 aliphatic heterocycles. The molecule has 0 unspecified atom stereocenters. The molecular weight excluding hydrogens is 176 g/mol. The molecule has 0 bridgehead atoms. The topological polar surface area (TPSA) is 52.4 Å². The van der Waals surface area contributed by atoms with Gasteiger partial charge in [-0.1, -0.05) is 11.5 Å². The Bertz CT molecular complexity index is 356. The number of hydrogen-bond donors (Lipinski definition) is 0. The summed E-state index contributed by atoms with van der Waals surface area (Å²) in [5, 5.41) is 10.4. The second-order valence-electron chi connectivity index (χ2n) is 2.28. The van der Waals surface area contributed by atoms with Gasteiger partial charge in [0.25, 0.3) is 0 Å². The monoisotopic (exact) mass is 181 g/mol. The molecule has 0 aromatic heterocycles. The summed E-state index contributed by atoms with van der Waals surface area (Å²) in [7, 11) is 6.33. The molecule has 66 valence electrons. The van der Waals surface area contributed by atoms with E-state index in [-0.39, 0.29) is 5.46 Å². The molecule has 0 heterocycles. The first-order chi connectivity index (χ1) is 6.07. The third-order valence-electron chi connectivity index (χ3n) is 1.51. The number of nitrogens with zero attached hydrogens (tertiary/aromatic N) is 1. The summed E-state index contributed by atoms with van der Waals surface area (Å²) < 4.78 is 17.6. The zero-order valence-electron chi connectivity index (χ0n) is 6.78. The van der Waals surface area contributed by atoms with Crippen LogP contribution in [0.1, 0.15) is 0 Å². The Hall–Kier alpha value is -1.59. The Morgan fingerprint density at radius 3 is 2.69 bits per heavy atom. The fourth-order valence-electron chi connectivity index (χ4n) is 0.899. The van der Waals surface area contributed by atoms with Crippen molar-refractivity contribution in [1.29, 1.82) is 0 Å². The van der Waals surface area contributed by atoms with Gasteiger partial charge in [-0.3, -0.25) is 10.1 Å². The van der Waals surface area contributed by atoms with Gasteiger partial charge in [0.2, 0.25) is 5.75 Å². The summed E-state index contributed by atoms with van der Waals surface area (Å²) in [5.41, 5.74) is -0.614. The quantitative estimate of drug-likeness (QED) is 0.380. The number of nitro benzene ring substituents is 1. The Kier molecular flexibility index (Phi) is 2.50. The van der Waals surface area contributed by atoms with Crippen LogP contribution in [0.4, 0.5) is 10.1 Å². The van der Waals surface area contributed by atoms with Crippen LogP contribution >= 0.6 is 0 Å². The van der Waals surface area contributed by atoms with Crippen LogP contribution in [-0.2, 0) is 0 Å². The highest BCUT2D eigenvalue weighted by Crippen LogP contribution is 2.27. The van der Waals surface area contributed by atoms with E-state index >= 15 is 0 Å². The van der Waals surface area contributed by atoms with E-state index in [0.29, 0.717) is 0 Å². The van der Waals surface area contributed by atoms with Crippen LogP contribution < -0.4 is 10.2 Å². The maximum absolute atomic E-state index is 13.1. The summed E-state index contributed by atoms with van der Waals surface area (Å²) in [6.07, 6.45) is 0. The molecule has 1 aromatic carbocycles. The van der Waals surface area contributed by atoms with Crippen molar-refractivity contribution in [2.75, 3.05) is 7.11 Å². The zero-order valence-corrected chi connectivity index (χ0v) is 6.78. The predicted octanol–water partition coefficient (Wildman–Crippen LogP) is 0.536. The molecule has 0 aliphatic carbocycles. The molecule has 0 amide bonds. The molecule has 0 atom stereocenters. The normalized spacial score (nSPS) is 9.69. The van der Waals surface area contributed by atoms with E-state index in [1.165, 1.54) is 0 Å². The van der Waals surface area contributed by atoms with Gasteiger partial charge in [-0.15, -0.1) is 0 Å². The first-order valence-corrected chi connectivity index (χ1v) is 3.34. The van der Waals surface area contributed by atoms with Crippen molar-refractivity contribution in [3.8, 4) is 5.75 Å². The number of hydrogen-bond acceptors (Lipinski definition) is 3. The third-order valence-corrected chi connectivity index (χ3v) is 1.51. The summed E-state index contributed by atoms with van der Waals surface area (Å²) >= 11 is 0. The molecule has 0 fully saturated rings. The van der Waals surface area contributed by atoms with Gasteiger partial charge in [0.1, 0.15) is 7.85 Å². The minimum Gasteiger partial charge on any atom is -0.488 e. The van der Waals surface area contributed by atoms with Crippen LogP contribution in [0.3, 0.4) is 0 Å². The van der Waals surface area contributed by atoms with E-state index in [2.05, 4.69) is 4.74 Å². The van der Waals surface area contributed by atoms with Crippen LogP contribution in [0.5, 0.6) is 5.75 Å². The summed E-state index contributed by atoms with van der Waals surface area (Å²) in [6.45, 7) is 0. The minimum absolute atomic E-state index is 0.178. The first-order valence-electron chi connectivity index (χ1n) is 3.34. The van der Waals surface area contributed by atoms with E-state index in [1.807, 2.05) is 0 Å². The average molecular weight is 181 g/mol. The van der Waals surface area contributed by atoms with Crippen LogP contribution in [0, 0.1) is 15.9 Å². The minimum atomic E-state index is -0.906. The van der Waals surface area contributed by atoms with Crippen LogP contribution in [0.25, 0.3) is 0 Å². The highest BCUT2D eigenvalue weighted by Gasteiger charge is 2.19. The van der Waals surface area contributed by atoms with Gasteiger partial charge >= 0.3 is 5.69 Å². The molecule has 6 heteroatoms. The smallest absolute Gasteiger partial charge is 0.313 e. The lowest BCUT2D eigenvalue weighted by molar-refractivity contribution is -0.386. The molecule has 0 N–H and O–H groups in total. The molecule has 0 saturated heterocycles. The summed E-state index contributed by atoms with van der Waals surface area (Å²) in [5.74, 6) is -1.35. The number of nitro groups is 1. The Balaban J connectivity index is 3.38. The average Bonchev–Trinajstić information content (AvgIpc) is 2.09. The Morgan fingerprint density at radius 1 is 1.62 bits per heavy atom. The van der Waals surface area contributed by atoms with Crippen LogP contribution in [0.15, 0.2) is 12.1 Å². The lowest BCUT2D eigenvalue weighted by Crippen LogP contribution is -2.11. The number of halogens is 1. The van der Waals surface area contributed by atoms with Gasteiger partial charge in [0.05, 0.1) is 12.0 Å². The van der Waals surface area contributed by atoms with Gasteiger partial charge in [0.15, 0.2) is 5.82 Å². The van der Waals surface area contributed by atoms with Crippen molar-refractivity contribution in [2.24, 2.45) is 0 Å². The van der Waals surface area contributed by atoms with Gasteiger partial charge in [0, 0.05) is 6.07 Å². The lowest BCUT2D eigenvalue weighted by atomic mass is 9.95. The van der Waals surface area contributed by atoms with Crippen molar-refractivity contribution in [2.45, 2.75) is 0 Å². The number of benzene rings is 1. The van der Waals surface area contributed by atoms with E-state index < -0.39 is 22.2 Å². The summed E-state index contributed by atoms with van der Waals surface area (Å²) in [4.78, 5) is 9.63. The lowest BCUT2D eigenvalue weighted by Gasteiger charge is -2.04. The van der Waals surface area contributed by atoms with Crippen molar-refractivity contribution < 1.29 is 14.1 Å². The Morgan fingerprint density at radius 2 is 2.23 bits per heavy atom. The largest absolute Gasteiger partial charge is 0.488 e. The SMILES string of the molecule is [B]c1ccc([N+](=O)[O-])c(OC)c1F. The molecule has 0 saturated carbocycles. The molecule has 1 rings (SSSR count). The highest BCUT2D eigenvalue weighted by molar-refractivity contribution is 6.32. The Labute approximate surface area is 74.9 Å². The molecular formula is C7H5BFNO3. The van der Waals surface area contributed by atoms with Gasteiger partial charge in [-0.05, 0) is 0 Å². The molecule has 2 radical (unpaired) electrons. The highest BCUT2D eigenvalue weighted by atomic mass is 19.1. The van der Waals surface area contributed by atoms with Crippen molar-refractivity contribution in [3.05, 3.63) is 28.1 Å². The predicted molar refractivity (Wildman–Crippen MR) is 45.0 cm³/mol. The number of methoxy groups -OCH3 is 1. The fourth-order valence-corrected chi connectivity index (χ4v) is 0.899. The maximum atomic E-state index is 13.1. The second-order valence-corrected chi connectivity index (χ2v) is 2.28. The number of ether oxygens (including phenoxy) is 1.